The Kier molecular flexibility index (Phi) is 2.40. The fourth-order valence-corrected chi connectivity index (χ4v) is 1.71. The van der Waals surface area contributed by atoms with Gasteiger partial charge in [-0.1, -0.05) is 6.07 Å². The number of pyridine rings is 1. The first kappa shape index (κ1) is 10.0. The van der Waals surface area contributed by atoms with E-state index >= 15 is 0 Å². The Morgan fingerprint density at radius 2 is 2.07 bits per heavy atom. The Labute approximate surface area is 91.2 Å². The van der Waals surface area contributed by atoms with Crippen LogP contribution < -0.4 is 11.2 Å². The van der Waals surface area contributed by atoms with E-state index in [0.29, 0.717) is 5.52 Å². The lowest BCUT2D eigenvalue weighted by atomic mass is 10.4. The van der Waals surface area contributed by atoms with E-state index in [4.69, 9.17) is 0 Å². The number of fused-ring (bicyclic) bond motifs is 1. The summed E-state index contributed by atoms with van der Waals surface area (Å²) in [5, 5.41) is -0.429. The number of hydrogen-bond acceptors (Lipinski definition) is 3. The minimum Gasteiger partial charge on any atom is -0.269 e. The van der Waals surface area contributed by atoms with E-state index in [9.17, 15) is 9.59 Å². The molecule has 78 valence electrons. The molecule has 0 N–H and O–H groups in total. The number of thiol groups is 1. The second kappa shape index (κ2) is 3.58. The van der Waals surface area contributed by atoms with Gasteiger partial charge in [-0.15, -0.1) is 0 Å². The van der Waals surface area contributed by atoms with Crippen molar-refractivity contribution < 1.29 is 0 Å². The maximum absolute atomic E-state index is 11.9. The summed E-state index contributed by atoms with van der Waals surface area (Å²) in [6, 6.07) is 6.67. The molecule has 5 heteroatoms. The Balaban J connectivity index is 2.97. The molecule has 2 rings (SSSR count). The number of hydrogen-bond donors (Lipinski definition) is 1. The first-order valence-corrected chi connectivity index (χ1v) is 5.04. The summed E-state index contributed by atoms with van der Waals surface area (Å²) in [6.07, 6.45) is 1.63. The molecule has 2 heterocycles. The van der Waals surface area contributed by atoms with Crippen LogP contribution >= 0.6 is 12.6 Å². The molecule has 0 aliphatic heterocycles. The summed E-state index contributed by atoms with van der Waals surface area (Å²) in [6.45, 7) is 1.68. The molecule has 15 heavy (non-hydrogen) atoms. The highest BCUT2D eigenvalue weighted by molar-refractivity contribution is 7.80. The molecule has 0 aliphatic rings. The predicted octanol–water partition coefficient (Wildman–Crippen LogP) is 0.909. The normalized spacial score (nSPS) is 12.9. The van der Waals surface area contributed by atoms with Gasteiger partial charge in [0.25, 0.3) is 5.56 Å². The van der Waals surface area contributed by atoms with E-state index in [-0.39, 0.29) is 11.2 Å². The van der Waals surface area contributed by atoms with Crippen molar-refractivity contribution in [1.29, 1.82) is 0 Å². The summed E-state index contributed by atoms with van der Waals surface area (Å²) in [5.41, 5.74) is -0.0907. The average molecular weight is 222 g/mol. The monoisotopic (exact) mass is 222 g/mol. The van der Waals surface area contributed by atoms with Crippen LogP contribution in [-0.2, 0) is 0 Å². The Hall–Kier alpha value is -1.49. The SMILES string of the molecule is CC(S)n1c(=O)cc2ccccn2c1=O. The summed E-state index contributed by atoms with van der Waals surface area (Å²) >= 11 is 4.10. The van der Waals surface area contributed by atoms with Crippen molar-refractivity contribution in [2.24, 2.45) is 0 Å². The first-order valence-electron chi connectivity index (χ1n) is 4.52. The third kappa shape index (κ3) is 1.59. The predicted molar refractivity (Wildman–Crippen MR) is 61.6 cm³/mol. The molecule has 1 unspecified atom stereocenters. The molecule has 1 atom stereocenters. The van der Waals surface area contributed by atoms with E-state index in [2.05, 4.69) is 12.6 Å². The topological polar surface area (TPSA) is 43.5 Å². The van der Waals surface area contributed by atoms with E-state index < -0.39 is 5.37 Å². The van der Waals surface area contributed by atoms with E-state index in [0.717, 1.165) is 4.57 Å². The maximum atomic E-state index is 11.9. The van der Waals surface area contributed by atoms with Gasteiger partial charge in [0.05, 0.1) is 10.9 Å². The van der Waals surface area contributed by atoms with Crippen molar-refractivity contribution >= 4 is 18.1 Å². The number of rotatable bonds is 1. The van der Waals surface area contributed by atoms with Crippen LogP contribution in [0.25, 0.3) is 5.52 Å². The lowest BCUT2D eigenvalue weighted by molar-refractivity contribution is 0.650. The average Bonchev–Trinajstić information content (AvgIpc) is 2.17. The van der Waals surface area contributed by atoms with Gasteiger partial charge in [-0.2, -0.15) is 12.6 Å². The Bertz CT molecular complexity index is 613. The van der Waals surface area contributed by atoms with Gasteiger partial charge in [0.2, 0.25) is 0 Å². The van der Waals surface area contributed by atoms with Crippen LogP contribution in [0.3, 0.4) is 0 Å². The largest absolute Gasteiger partial charge is 0.336 e. The first-order chi connectivity index (χ1) is 7.11. The van der Waals surface area contributed by atoms with Crippen LogP contribution in [0.4, 0.5) is 0 Å². The van der Waals surface area contributed by atoms with Crippen molar-refractivity contribution in [2.75, 3.05) is 0 Å². The third-order valence-electron chi connectivity index (χ3n) is 2.19. The smallest absolute Gasteiger partial charge is 0.269 e. The highest BCUT2D eigenvalue weighted by Crippen LogP contribution is 2.03. The maximum Gasteiger partial charge on any atom is 0.336 e. The minimum absolute atomic E-state index is 0.325. The van der Waals surface area contributed by atoms with Gasteiger partial charge in [-0.3, -0.25) is 9.20 Å². The van der Waals surface area contributed by atoms with Crippen LogP contribution in [-0.4, -0.2) is 8.97 Å². The molecular weight excluding hydrogens is 212 g/mol. The molecule has 0 fully saturated rings. The lowest BCUT2D eigenvalue weighted by Gasteiger charge is -2.09. The zero-order valence-electron chi connectivity index (χ0n) is 8.12. The van der Waals surface area contributed by atoms with Gasteiger partial charge in [0.1, 0.15) is 0 Å². The van der Waals surface area contributed by atoms with Gasteiger partial charge in [0, 0.05) is 12.3 Å². The molecule has 4 nitrogen and oxygen atoms in total. The summed E-state index contributed by atoms with van der Waals surface area (Å²) < 4.78 is 2.53. The lowest BCUT2D eigenvalue weighted by Crippen LogP contribution is -2.37. The molecule has 2 aromatic rings. The van der Waals surface area contributed by atoms with E-state index in [1.807, 2.05) is 0 Å². The van der Waals surface area contributed by atoms with Crippen molar-refractivity contribution in [3.05, 3.63) is 51.3 Å². The fourth-order valence-electron chi connectivity index (χ4n) is 1.50. The van der Waals surface area contributed by atoms with Crippen LogP contribution in [0.1, 0.15) is 12.3 Å². The number of nitrogens with zero attached hydrogens (tertiary/aromatic N) is 2. The van der Waals surface area contributed by atoms with Gasteiger partial charge in [0.15, 0.2) is 0 Å². The second-order valence-corrected chi connectivity index (χ2v) is 4.01. The Morgan fingerprint density at radius 3 is 2.73 bits per heavy atom. The van der Waals surface area contributed by atoms with Crippen molar-refractivity contribution in [2.45, 2.75) is 12.3 Å². The minimum atomic E-state index is -0.429. The van der Waals surface area contributed by atoms with Gasteiger partial charge in [-0.05, 0) is 19.1 Å². The van der Waals surface area contributed by atoms with E-state index in [1.165, 1.54) is 10.5 Å². The molecule has 0 aromatic carbocycles. The van der Waals surface area contributed by atoms with Gasteiger partial charge >= 0.3 is 5.69 Å². The molecule has 0 amide bonds. The molecule has 0 radical (unpaired) electrons. The fraction of sp³-hybridized carbons (Fsp3) is 0.200. The molecule has 0 bridgehead atoms. The van der Waals surface area contributed by atoms with Crippen molar-refractivity contribution in [3.8, 4) is 0 Å². The van der Waals surface area contributed by atoms with Crippen LogP contribution in [0.5, 0.6) is 0 Å². The van der Waals surface area contributed by atoms with Crippen molar-refractivity contribution in [3.63, 3.8) is 0 Å². The summed E-state index contributed by atoms with van der Waals surface area (Å²) in [7, 11) is 0. The molecule has 0 saturated heterocycles. The van der Waals surface area contributed by atoms with Gasteiger partial charge < -0.3 is 0 Å². The number of aromatic nitrogens is 2. The summed E-state index contributed by atoms with van der Waals surface area (Å²) in [5.74, 6) is 0. The second-order valence-electron chi connectivity index (χ2n) is 3.26. The third-order valence-corrected chi connectivity index (χ3v) is 2.42. The summed E-state index contributed by atoms with van der Waals surface area (Å²) in [4.78, 5) is 23.5. The van der Waals surface area contributed by atoms with Crippen LogP contribution in [0, 0.1) is 0 Å². The van der Waals surface area contributed by atoms with Gasteiger partial charge in [-0.25, -0.2) is 9.36 Å². The van der Waals surface area contributed by atoms with Crippen molar-refractivity contribution in [1.82, 2.24) is 8.97 Å². The standard InChI is InChI=1S/C10H10N2O2S/c1-7(15)12-9(13)6-8-4-2-3-5-11(8)10(12)14/h2-7,15H,1H3. The zero-order valence-corrected chi connectivity index (χ0v) is 9.02. The Morgan fingerprint density at radius 1 is 1.33 bits per heavy atom. The molecule has 0 aliphatic carbocycles. The van der Waals surface area contributed by atoms with Crippen LogP contribution in [0.15, 0.2) is 40.1 Å². The molecule has 2 aromatic heterocycles. The quantitative estimate of drug-likeness (QED) is 0.729. The highest BCUT2D eigenvalue weighted by Gasteiger charge is 2.08. The van der Waals surface area contributed by atoms with E-state index in [1.54, 1.807) is 31.3 Å². The molecular formula is C10H10N2O2S. The molecule has 0 spiro atoms. The highest BCUT2D eigenvalue weighted by atomic mass is 32.1. The molecule has 0 saturated carbocycles. The van der Waals surface area contributed by atoms with Crippen LogP contribution in [0.2, 0.25) is 0 Å². The zero-order chi connectivity index (χ0) is 11.0.